The van der Waals surface area contributed by atoms with Crippen LogP contribution in [0.5, 0.6) is 5.88 Å². The van der Waals surface area contributed by atoms with Crippen LogP contribution in [0.3, 0.4) is 0 Å². The van der Waals surface area contributed by atoms with Gasteiger partial charge in [0, 0.05) is 0 Å². The molecule has 0 fully saturated rings. The summed E-state index contributed by atoms with van der Waals surface area (Å²) in [6.45, 7) is 0. The Morgan fingerprint density at radius 1 is 1.38 bits per heavy atom. The van der Waals surface area contributed by atoms with Crippen molar-refractivity contribution in [2.24, 2.45) is 0 Å². The van der Waals surface area contributed by atoms with Crippen LogP contribution in [-0.4, -0.2) is 33.0 Å². The first kappa shape index (κ1) is 14.8. The van der Waals surface area contributed by atoms with Gasteiger partial charge in [0.25, 0.3) is 5.88 Å². The van der Waals surface area contributed by atoms with E-state index in [2.05, 4.69) is 14.8 Å². The molecule has 0 aliphatic heterocycles. The smallest absolute Gasteiger partial charge is 0.434 e. The Balaban J connectivity index is 2.67. The van der Waals surface area contributed by atoms with Crippen molar-refractivity contribution >= 4 is 5.97 Å². The van der Waals surface area contributed by atoms with Gasteiger partial charge in [-0.3, -0.25) is 0 Å². The number of carboxylic acid groups (broad SMARTS) is 1. The molecule has 0 spiro atoms. The minimum atomic E-state index is -4.98. The Morgan fingerprint density at radius 3 is 2.57 bits per heavy atom. The number of hydrogen-bond donors (Lipinski definition) is 1. The third-order valence-electron chi connectivity index (χ3n) is 2.48. The fraction of sp³-hybridized carbons (Fsp3) is 0.182. The molecule has 0 bridgehead atoms. The molecule has 0 aromatic carbocycles. The van der Waals surface area contributed by atoms with Gasteiger partial charge < -0.3 is 9.84 Å². The second-order valence-corrected chi connectivity index (χ2v) is 3.78. The van der Waals surface area contributed by atoms with Crippen molar-refractivity contribution < 1.29 is 32.2 Å². The average molecular weight is 305 g/mol. The molecule has 1 N–H and O–H groups in total. The Labute approximate surface area is 114 Å². The summed E-state index contributed by atoms with van der Waals surface area (Å²) in [7, 11) is 1.09. The highest BCUT2D eigenvalue weighted by Gasteiger charge is 2.41. The number of alkyl halides is 3. The molecule has 0 saturated heterocycles. The maximum atomic E-state index is 13.2. The van der Waals surface area contributed by atoms with Crippen LogP contribution in [-0.2, 0) is 6.18 Å². The molecule has 2 heterocycles. The second kappa shape index (κ2) is 5.04. The molecular formula is C11H7F4N3O3. The number of ether oxygens (including phenoxy) is 1. The van der Waals surface area contributed by atoms with Crippen LogP contribution in [0, 0.1) is 5.82 Å². The van der Waals surface area contributed by atoms with Crippen molar-refractivity contribution in [3.8, 4) is 11.7 Å². The molecule has 10 heteroatoms. The van der Waals surface area contributed by atoms with E-state index in [1.165, 1.54) is 0 Å². The van der Waals surface area contributed by atoms with E-state index in [0.29, 0.717) is 6.20 Å². The summed E-state index contributed by atoms with van der Waals surface area (Å²) in [5, 5.41) is 12.1. The molecule has 2 aromatic heterocycles. The highest BCUT2D eigenvalue weighted by Crippen LogP contribution is 2.33. The van der Waals surface area contributed by atoms with Gasteiger partial charge in [0.05, 0.1) is 13.3 Å². The molecule has 0 aliphatic carbocycles. The first-order valence-electron chi connectivity index (χ1n) is 5.35. The minimum absolute atomic E-state index is 0.269. The Hall–Kier alpha value is -2.65. The van der Waals surface area contributed by atoms with Gasteiger partial charge >= 0.3 is 12.1 Å². The minimum Gasteiger partial charge on any atom is -0.479 e. The lowest BCUT2D eigenvalue weighted by molar-refractivity contribution is -0.143. The zero-order valence-corrected chi connectivity index (χ0v) is 10.3. The van der Waals surface area contributed by atoms with Crippen LogP contribution >= 0.6 is 0 Å². The molecule has 0 atom stereocenters. The molecule has 0 unspecified atom stereocenters. The van der Waals surface area contributed by atoms with Gasteiger partial charge in [-0.1, -0.05) is 0 Å². The number of hydrogen-bond acceptors (Lipinski definition) is 4. The van der Waals surface area contributed by atoms with E-state index < -0.39 is 40.9 Å². The average Bonchev–Trinajstić information content (AvgIpc) is 2.84. The lowest BCUT2D eigenvalue weighted by atomic mass is 10.2. The van der Waals surface area contributed by atoms with Gasteiger partial charge in [-0.2, -0.15) is 23.3 Å². The van der Waals surface area contributed by atoms with Gasteiger partial charge in [-0.25, -0.2) is 13.9 Å². The van der Waals surface area contributed by atoms with Crippen molar-refractivity contribution in [2.45, 2.75) is 6.18 Å². The van der Waals surface area contributed by atoms with Crippen LogP contribution in [0.15, 0.2) is 18.3 Å². The van der Waals surface area contributed by atoms with E-state index in [4.69, 9.17) is 5.11 Å². The van der Waals surface area contributed by atoms with Crippen molar-refractivity contribution in [2.75, 3.05) is 7.11 Å². The zero-order valence-electron chi connectivity index (χ0n) is 10.3. The lowest BCUT2D eigenvalue weighted by Gasteiger charge is -2.11. The number of aromatic nitrogens is 3. The summed E-state index contributed by atoms with van der Waals surface area (Å²) in [6.07, 6.45) is -4.43. The Kier molecular flexibility index (Phi) is 3.54. The van der Waals surface area contributed by atoms with Gasteiger partial charge in [0.1, 0.15) is 5.56 Å². The molecule has 6 nitrogen and oxygen atoms in total. The van der Waals surface area contributed by atoms with E-state index in [9.17, 15) is 22.4 Å². The van der Waals surface area contributed by atoms with Crippen LogP contribution in [0.1, 0.15) is 16.1 Å². The number of halogens is 4. The summed E-state index contributed by atoms with van der Waals surface area (Å²) in [5.74, 6) is -3.62. The van der Waals surface area contributed by atoms with Gasteiger partial charge in [-0.15, -0.1) is 0 Å². The normalized spacial score (nSPS) is 11.5. The molecule has 0 amide bonds. The second-order valence-electron chi connectivity index (χ2n) is 3.78. The van der Waals surface area contributed by atoms with E-state index >= 15 is 0 Å². The van der Waals surface area contributed by atoms with Crippen molar-refractivity contribution in [1.82, 2.24) is 14.8 Å². The summed E-state index contributed by atoms with van der Waals surface area (Å²) in [6, 6.07) is 1.76. The molecule has 0 saturated carbocycles. The maximum Gasteiger partial charge on any atom is 0.434 e. The first-order valence-corrected chi connectivity index (χ1v) is 5.35. The molecule has 0 aliphatic rings. The highest BCUT2D eigenvalue weighted by atomic mass is 19.4. The number of nitrogens with zero attached hydrogens (tertiary/aromatic N) is 3. The number of carbonyl (C=O) groups is 1. The van der Waals surface area contributed by atoms with E-state index in [-0.39, 0.29) is 4.68 Å². The number of carboxylic acids is 1. The summed E-state index contributed by atoms with van der Waals surface area (Å²) in [5.41, 5.74) is -2.55. The lowest BCUT2D eigenvalue weighted by Crippen LogP contribution is -2.18. The standard InChI is InChI=1S/C11H7F4N3O3/c1-21-9-6(12)2-3-7(17-9)18-8(11(13,14)15)5(4-16-18)10(19)20/h2-4H,1H3,(H,19,20). The van der Waals surface area contributed by atoms with Crippen molar-refractivity contribution in [1.29, 1.82) is 0 Å². The Bertz CT molecular complexity index is 697. The van der Waals surface area contributed by atoms with Gasteiger partial charge in [0.15, 0.2) is 17.3 Å². The third kappa shape index (κ3) is 2.64. The molecule has 2 rings (SSSR count). The predicted molar refractivity (Wildman–Crippen MR) is 59.8 cm³/mol. The Morgan fingerprint density at radius 2 is 2.05 bits per heavy atom. The van der Waals surface area contributed by atoms with E-state index in [0.717, 1.165) is 19.2 Å². The number of rotatable bonds is 3. The number of pyridine rings is 1. The zero-order chi connectivity index (χ0) is 15.8. The fourth-order valence-corrected chi connectivity index (χ4v) is 1.63. The fourth-order valence-electron chi connectivity index (χ4n) is 1.63. The van der Waals surface area contributed by atoms with Crippen LogP contribution < -0.4 is 4.74 Å². The first-order chi connectivity index (χ1) is 9.75. The molecule has 112 valence electrons. The third-order valence-corrected chi connectivity index (χ3v) is 2.48. The van der Waals surface area contributed by atoms with E-state index in [1.54, 1.807) is 0 Å². The predicted octanol–water partition coefficient (Wildman–Crippen LogP) is 2.13. The monoisotopic (exact) mass is 305 g/mol. The van der Waals surface area contributed by atoms with Gasteiger partial charge in [0.2, 0.25) is 0 Å². The summed E-state index contributed by atoms with van der Waals surface area (Å²) >= 11 is 0. The largest absolute Gasteiger partial charge is 0.479 e. The molecular weight excluding hydrogens is 298 g/mol. The topological polar surface area (TPSA) is 77.2 Å². The number of methoxy groups -OCH3 is 1. The van der Waals surface area contributed by atoms with Crippen LogP contribution in [0.4, 0.5) is 17.6 Å². The molecule has 21 heavy (non-hydrogen) atoms. The van der Waals surface area contributed by atoms with E-state index in [1.807, 2.05) is 0 Å². The van der Waals surface area contributed by atoms with Gasteiger partial charge in [-0.05, 0) is 12.1 Å². The number of aromatic carboxylic acids is 1. The maximum absolute atomic E-state index is 13.2. The molecule has 2 aromatic rings. The highest BCUT2D eigenvalue weighted by molar-refractivity contribution is 5.89. The van der Waals surface area contributed by atoms with Crippen LogP contribution in [0.25, 0.3) is 5.82 Å². The van der Waals surface area contributed by atoms with Crippen molar-refractivity contribution in [3.63, 3.8) is 0 Å². The SMILES string of the molecule is COc1nc(-n2ncc(C(=O)O)c2C(F)(F)F)ccc1F. The van der Waals surface area contributed by atoms with Crippen LogP contribution in [0.2, 0.25) is 0 Å². The van der Waals surface area contributed by atoms with Crippen molar-refractivity contribution in [3.05, 3.63) is 35.4 Å². The summed E-state index contributed by atoms with van der Waals surface area (Å²) in [4.78, 5) is 14.4. The summed E-state index contributed by atoms with van der Waals surface area (Å²) < 4.78 is 57.0. The quantitative estimate of drug-likeness (QED) is 0.879. The molecule has 0 radical (unpaired) electrons.